The minimum Gasteiger partial charge on any atom is -0.383 e. The number of hydrogen-bond donors (Lipinski definition) is 2. The van der Waals surface area contributed by atoms with Crippen molar-refractivity contribution in [1.82, 2.24) is 10.2 Å². The van der Waals surface area contributed by atoms with E-state index in [4.69, 9.17) is 0 Å². The number of nitrogens with one attached hydrogen (secondary N) is 1. The molecule has 4 heteroatoms. The molecule has 3 nitrogen and oxygen atoms in total. The highest BCUT2D eigenvalue weighted by Gasteiger charge is 2.07. The molecule has 0 amide bonds. The van der Waals surface area contributed by atoms with E-state index < -0.39 is 0 Å². The molecule has 0 spiro atoms. The zero-order chi connectivity index (χ0) is 21.8. The Morgan fingerprint density at radius 1 is 1.19 bits per heavy atom. The Morgan fingerprint density at radius 3 is 2.15 bits per heavy atom. The van der Waals surface area contributed by atoms with Crippen molar-refractivity contribution >= 4 is 22.6 Å². The van der Waals surface area contributed by atoms with Gasteiger partial charge in [0, 0.05) is 31.2 Å². The van der Waals surface area contributed by atoms with Gasteiger partial charge in [-0.05, 0) is 49.5 Å². The molecule has 0 aromatic carbocycles. The second-order valence-corrected chi connectivity index (χ2v) is 5.98. The van der Waals surface area contributed by atoms with Crippen molar-refractivity contribution in [2.24, 2.45) is 5.73 Å². The average Bonchev–Trinajstić information content (AvgIpc) is 3.20. The molecule has 150 valence electrons. The molecule has 1 rings (SSSR count). The van der Waals surface area contributed by atoms with Crippen LogP contribution in [0.15, 0.2) is 61.9 Å². The van der Waals surface area contributed by atoms with E-state index >= 15 is 0 Å². The minimum absolute atomic E-state index is 0.723. The maximum absolute atomic E-state index is 4.50. The first-order valence-corrected chi connectivity index (χ1v) is 9.54. The molecule has 0 bridgehead atoms. The number of rotatable bonds is 8. The van der Waals surface area contributed by atoms with Crippen LogP contribution in [0.4, 0.5) is 0 Å². The summed E-state index contributed by atoms with van der Waals surface area (Å²) < 4.78 is 0. The molecule has 0 saturated heterocycles. The maximum Gasteiger partial charge on any atom is 0.0502 e. The van der Waals surface area contributed by atoms with Gasteiger partial charge in [0.1, 0.15) is 0 Å². The zero-order valence-corrected chi connectivity index (χ0v) is 18.7. The lowest BCUT2D eigenvalue weighted by atomic mass is 10.1. The summed E-state index contributed by atoms with van der Waals surface area (Å²) in [6.07, 6.45) is 15.9. The maximum atomic E-state index is 4.50. The van der Waals surface area contributed by atoms with Crippen LogP contribution in [0.5, 0.6) is 0 Å². The van der Waals surface area contributed by atoms with Crippen LogP contribution < -0.4 is 11.1 Å². The van der Waals surface area contributed by atoms with Gasteiger partial charge in [-0.2, -0.15) is 0 Å². The Kier molecular flexibility index (Phi) is 21.5. The van der Waals surface area contributed by atoms with Gasteiger partial charge in [-0.3, -0.25) is 0 Å². The first kappa shape index (κ1) is 29.3. The summed E-state index contributed by atoms with van der Waals surface area (Å²) in [5.74, 6) is 0. The van der Waals surface area contributed by atoms with Crippen LogP contribution in [0.3, 0.4) is 0 Å². The van der Waals surface area contributed by atoms with E-state index in [-0.39, 0.29) is 0 Å². The lowest BCUT2D eigenvalue weighted by molar-refractivity contribution is 0.564. The fourth-order valence-electron chi connectivity index (χ4n) is 1.67. The highest BCUT2D eigenvalue weighted by molar-refractivity contribution is 7.14. The van der Waals surface area contributed by atoms with Crippen molar-refractivity contribution in [3.63, 3.8) is 0 Å². The van der Waals surface area contributed by atoms with E-state index in [0.717, 1.165) is 22.7 Å². The molecule has 0 atom stereocenters. The quantitative estimate of drug-likeness (QED) is 0.357. The van der Waals surface area contributed by atoms with Crippen molar-refractivity contribution in [1.29, 1.82) is 0 Å². The van der Waals surface area contributed by atoms with Crippen molar-refractivity contribution in [3.8, 4) is 12.8 Å². The fraction of sp³-hybridized carbons (Fsp3) is 0.304. The molecule has 1 heterocycles. The lowest BCUT2D eigenvalue weighted by Crippen LogP contribution is -2.09. The Balaban J connectivity index is -0.000000869. The van der Waals surface area contributed by atoms with E-state index in [2.05, 4.69) is 68.8 Å². The van der Waals surface area contributed by atoms with Crippen molar-refractivity contribution in [2.45, 2.75) is 20.8 Å². The van der Waals surface area contributed by atoms with Gasteiger partial charge >= 0.3 is 0 Å². The van der Waals surface area contributed by atoms with Gasteiger partial charge < -0.3 is 16.0 Å². The molecular weight excluding hydrogens is 350 g/mol. The van der Waals surface area contributed by atoms with Gasteiger partial charge in [-0.15, -0.1) is 30.8 Å². The Labute approximate surface area is 171 Å². The van der Waals surface area contributed by atoms with Crippen molar-refractivity contribution in [2.75, 3.05) is 27.7 Å². The highest BCUT2D eigenvalue weighted by atomic mass is 32.1. The smallest absolute Gasteiger partial charge is 0.0502 e. The molecule has 3 N–H and O–H groups in total. The first-order valence-electron chi connectivity index (χ1n) is 8.72. The largest absolute Gasteiger partial charge is 0.383 e. The van der Waals surface area contributed by atoms with Gasteiger partial charge in [0.15, 0.2) is 0 Å². The van der Waals surface area contributed by atoms with Crippen LogP contribution in [0, 0.1) is 12.8 Å². The minimum atomic E-state index is 0.723. The van der Waals surface area contributed by atoms with Gasteiger partial charge in [-0.1, -0.05) is 39.2 Å². The molecule has 0 aliphatic rings. The number of terminal acetylenes is 1. The normalized spacial score (nSPS) is 9.81. The molecule has 0 unspecified atom stereocenters. The van der Waals surface area contributed by atoms with Crippen molar-refractivity contribution in [3.05, 3.63) is 71.6 Å². The monoisotopic (exact) mass is 387 g/mol. The second kappa shape index (κ2) is 19.8. The summed E-state index contributed by atoms with van der Waals surface area (Å²) in [5.41, 5.74) is 7.77. The standard InChI is InChI=1S/C18H24N2S.C2H6.C2H2.CH5N/c1-7-12-19-15(4)17-9-10-18(21-17)16(14(3)8-2)11-13-20(5)6;3*1-2/h7-11,13,19H,1-2,4,12H2,3,5-6H3;1-2H3;1-2H;2H2,1H3/b13-11-,16-14-;;;. The summed E-state index contributed by atoms with van der Waals surface area (Å²) in [6.45, 7) is 18.4. The Bertz CT molecular complexity index is 617. The summed E-state index contributed by atoms with van der Waals surface area (Å²) >= 11 is 1.72. The Hall–Kier alpha value is -2.48. The van der Waals surface area contributed by atoms with E-state index in [1.165, 1.54) is 17.5 Å². The highest BCUT2D eigenvalue weighted by Crippen LogP contribution is 2.30. The molecule has 1 aromatic rings. The number of nitrogens with zero attached hydrogens (tertiary/aromatic N) is 1. The number of thiophene rings is 1. The van der Waals surface area contributed by atoms with Crippen LogP contribution >= 0.6 is 11.3 Å². The third-order valence-corrected chi connectivity index (χ3v) is 4.08. The van der Waals surface area contributed by atoms with Crippen LogP contribution in [0.25, 0.3) is 11.3 Å². The molecule has 1 aromatic heterocycles. The topological polar surface area (TPSA) is 41.3 Å². The average molecular weight is 388 g/mol. The number of hydrogen-bond acceptors (Lipinski definition) is 4. The Morgan fingerprint density at radius 2 is 1.70 bits per heavy atom. The molecule has 0 aliphatic carbocycles. The SMILES string of the molecule is C#C.C=CCNC(=C)c1ccc(C(/C=C\N(C)C)=C(/C)C=C)s1.CC.CN. The molecule has 27 heavy (non-hydrogen) atoms. The molecular formula is C23H37N3S. The third-order valence-electron chi connectivity index (χ3n) is 2.90. The van der Waals surface area contributed by atoms with Crippen LogP contribution in [-0.2, 0) is 0 Å². The fourth-order valence-corrected chi connectivity index (χ4v) is 2.71. The van der Waals surface area contributed by atoms with Gasteiger partial charge in [0.05, 0.1) is 4.88 Å². The van der Waals surface area contributed by atoms with E-state index in [9.17, 15) is 0 Å². The predicted octanol–water partition coefficient (Wildman–Crippen LogP) is 5.38. The summed E-state index contributed by atoms with van der Waals surface area (Å²) in [4.78, 5) is 4.37. The number of allylic oxidation sites excluding steroid dienone is 4. The predicted molar refractivity (Wildman–Crippen MR) is 129 cm³/mol. The molecule has 0 radical (unpaired) electrons. The van der Waals surface area contributed by atoms with Crippen molar-refractivity contribution < 1.29 is 0 Å². The summed E-state index contributed by atoms with van der Waals surface area (Å²) in [6, 6.07) is 4.22. The van der Waals surface area contributed by atoms with Gasteiger partial charge in [0.2, 0.25) is 0 Å². The first-order chi connectivity index (χ1) is 13.0. The molecule has 0 saturated carbocycles. The lowest BCUT2D eigenvalue weighted by Gasteiger charge is -2.07. The van der Waals surface area contributed by atoms with Crippen LogP contribution in [0.2, 0.25) is 0 Å². The summed E-state index contributed by atoms with van der Waals surface area (Å²) in [5, 5.41) is 3.23. The van der Waals surface area contributed by atoms with Gasteiger partial charge in [-0.25, -0.2) is 0 Å². The molecule has 0 aliphatic heterocycles. The van der Waals surface area contributed by atoms with Crippen LogP contribution in [-0.4, -0.2) is 32.6 Å². The van der Waals surface area contributed by atoms with E-state index in [0.29, 0.717) is 0 Å². The van der Waals surface area contributed by atoms with E-state index in [1.807, 2.05) is 51.2 Å². The summed E-state index contributed by atoms with van der Waals surface area (Å²) in [7, 11) is 5.52. The van der Waals surface area contributed by atoms with E-state index in [1.54, 1.807) is 11.3 Å². The molecule has 0 fully saturated rings. The number of nitrogens with two attached hydrogens (primary N) is 1. The van der Waals surface area contributed by atoms with Gasteiger partial charge in [0.25, 0.3) is 0 Å². The zero-order valence-electron chi connectivity index (χ0n) is 17.9. The van der Waals surface area contributed by atoms with Crippen LogP contribution in [0.1, 0.15) is 30.5 Å². The third kappa shape index (κ3) is 12.5. The second-order valence-electron chi connectivity index (χ2n) is 4.89.